The molecule has 1 N–H and O–H groups in total. The first-order chi connectivity index (χ1) is 14.5. The zero-order valence-electron chi connectivity index (χ0n) is 16.5. The highest BCUT2D eigenvalue weighted by atomic mass is 79.9. The molecular weight excluding hydrogens is 460 g/mol. The Hall–Kier alpha value is -2.87. The molecule has 0 aromatic heterocycles. The molecule has 3 nitrogen and oxygen atoms in total. The number of hydrogen-bond donors (Lipinski definition) is 1. The van der Waals surface area contributed by atoms with E-state index in [0.717, 1.165) is 22.0 Å². The number of amides is 1. The summed E-state index contributed by atoms with van der Waals surface area (Å²) >= 11 is 10.0. The fourth-order valence-corrected chi connectivity index (χ4v) is 3.66. The Labute approximate surface area is 190 Å². The van der Waals surface area contributed by atoms with Gasteiger partial charge < -0.3 is 5.32 Å². The first kappa shape index (κ1) is 21.8. The van der Waals surface area contributed by atoms with Gasteiger partial charge in [-0.1, -0.05) is 76.9 Å². The first-order valence-electron chi connectivity index (χ1n) is 9.54. The lowest BCUT2D eigenvalue weighted by atomic mass is 10.0. The molecule has 150 valence electrons. The molecule has 0 unspecified atom stereocenters. The van der Waals surface area contributed by atoms with Crippen LogP contribution in [0.5, 0.6) is 0 Å². The van der Waals surface area contributed by atoms with Gasteiger partial charge in [-0.15, -0.1) is 0 Å². The Balaban J connectivity index is 1.76. The number of nitrogens with one attached hydrogen (secondary N) is 1. The maximum Gasteiger partial charge on any atom is 0.266 e. The third-order valence-electron chi connectivity index (χ3n) is 4.71. The summed E-state index contributed by atoms with van der Waals surface area (Å²) in [5, 5.41) is 12.8. The largest absolute Gasteiger partial charge is 0.321 e. The summed E-state index contributed by atoms with van der Waals surface area (Å²) in [6.07, 6.45) is 3.16. The minimum atomic E-state index is -0.449. The average Bonchev–Trinajstić information content (AvgIpc) is 2.75. The Morgan fingerprint density at radius 3 is 2.47 bits per heavy atom. The van der Waals surface area contributed by atoms with E-state index in [1.54, 1.807) is 12.1 Å². The molecule has 3 aromatic carbocycles. The molecule has 3 rings (SSSR count). The van der Waals surface area contributed by atoms with Gasteiger partial charge >= 0.3 is 0 Å². The predicted molar refractivity (Wildman–Crippen MR) is 126 cm³/mol. The van der Waals surface area contributed by atoms with Crippen LogP contribution in [-0.2, 0) is 17.6 Å². The number of rotatable bonds is 6. The quantitative estimate of drug-likeness (QED) is 0.312. The number of carbonyl (C=O) groups is 1. The molecule has 0 bridgehead atoms. The van der Waals surface area contributed by atoms with Gasteiger partial charge in [-0.25, -0.2) is 0 Å². The van der Waals surface area contributed by atoms with Crippen LogP contribution in [0.15, 0.2) is 76.8 Å². The van der Waals surface area contributed by atoms with Gasteiger partial charge in [0.05, 0.1) is 0 Å². The van der Waals surface area contributed by atoms with E-state index in [9.17, 15) is 10.1 Å². The molecule has 30 heavy (non-hydrogen) atoms. The van der Waals surface area contributed by atoms with Crippen molar-refractivity contribution >= 4 is 45.2 Å². The minimum Gasteiger partial charge on any atom is -0.321 e. The summed E-state index contributed by atoms with van der Waals surface area (Å²) in [4.78, 5) is 12.5. The molecule has 0 saturated heterocycles. The van der Waals surface area contributed by atoms with Crippen molar-refractivity contribution in [2.45, 2.75) is 19.8 Å². The van der Waals surface area contributed by atoms with Gasteiger partial charge in [0.2, 0.25) is 0 Å². The maximum absolute atomic E-state index is 12.5. The Kier molecular flexibility index (Phi) is 7.46. The second kappa shape index (κ2) is 10.2. The Morgan fingerprint density at radius 2 is 1.83 bits per heavy atom. The van der Waals surface area contributed by atoms with Gasteiger partial charge in [-0.2, -0.15) is 5.26 Å². The van der Waals surface area contributed by atoms with Crippen LogP contribution in [0.4, 0.5) is 5.69 Å². The fraction of sp³-hybridized carbons (Fsp3) is 0.120. The van der Waals surface area contributed by atoms with E-state index in [2.05, 4.69) is 28.2 Å². The van der Waals surface area contributed by atoms with Gasteiger partial charge in [0.25, 0.3) is 5.91 Å². The van der Waals surface area contributed by atoms with E-state index in [1.165, 1.54) is 5.56 Å². The Bertz CT molecular complexity index is 1130. The molecule has 3 aromatic rings. The smallest absolute Gasteiger partial charge is 0.266 e. The number of benzene rings is 3. The number of nitriles is 1. The molecule has 0 atom stereocenters. The fourth-order valence-electron chi connectivity index (χ4n) is 2.98. The second-order valence-corrected chi connectivity index (χ2v) is 8.05. The van der Waals surface area contributed by atoms with E-state index < -0.39 is 5.91 Å². The Morgan fingerprint density at radius 1 is 1.10 bits per heavy atom. The van der Waals surface area contributed by atoms with Crippen molar-refractivity contribution in [3.63, 3.8) is 0 Å². The predicted octanol–water partition coefficient (Wildman–Crippen LogP) is 6.80. The van der Waals surface area contributed by atoms with Crippen molar-refractivity contribution in [1.29, 1.82) is 5.26 Å². The van der Waals surface area contributed by atoms with Crippen LogP contribution in [-0.4, -0.2) is 5.91 Å². The van der Waals surface area contributed by atoms with E-state index in [0.29, 0.717) is 22.7 Å². The summed E-state index contributed by atoms with van der Waals surface area (Å²) in [5.41, 5.74) is 4.66. The SMILES string of the molecule is CCc1ccc(NC(=O)/C(C#N)=C/c2ccc(Cc3ccccc3Br)c(Cl)c2)cc1. The molecule has 0 radical (unpaired) electrons. The maximum atomic E-state index is 12.5. The summed E-state index contributed by atoms with van der Waals surface area (Å²) < 4.78 is 1.03. The van der Waals surface area contributed by atoms with Crippen molar-refractivity contribution in [3.05, 3.63) is 104 Å². The minimum absolute atomic E-state index is 0.0178. The number of anilines is 1. The van der Waals surface area contributed by atoms with Crippen molar-refractivity contribution in [2.75, 3.05) is 5.32 Å². The van der Waals surface area contributed by atoms with Crippen molar-refractivity contribution in [1.82, 2.24) is 0 Å². The van der Waals surface area contributed by atoms with Crippen LogP contribution < -0.4 is 5.32 Å². The lowest BCUT2D eigenvalue weighted by Gasteiger charge is -2.08. The van der Waals surface area contributed by atoms with Gasteiger partial charge in [0.1, 0.15) is 11.6 Å². The monoisotopic (exact) mass is 478 g/mol. The lowest BCUT2D eigenvalue weighted by Crippen LogP contribution is -2.13. The van der Waals surface area contributed by atoms with Crippen LogP contribution in [0.25, 0.3) is 6.08 Å². The lowest BCUT2D eigenvalue weighted by molar-refractivity contribution is -0.112. The van der Waals surface area contributed by atoms with Crippen LogP contribution in [0.2, 0.25) is 5.02 Å². The zero-order valence-corrected chi connectivity index (χ0v) is 18.8. The third-order valence-corrected chi connectivity index (χ3v) is 5.84. The molecule has 0 aliphatic carbocycles. The number of halogens is 2. The summed E-state index contributed by atoms with van der Waals surface area (Å²) in [6, 6.07) is 23.1. The normalized spacial score (nSPS) is 11.1. The first-order valence-corrected chi connectivity index (χ1v) is 10.7. The summed E-state index contributed by atoms with van der Waals surface area (Å²) in [7, 11) is 0. The molecule has 0 fully saturated rings. The summed E-state index contributed by atoms with van der Waals surface area (Å²) in [5.74, 6) is -0.449. The highest BCUT2D eigenvalue weighted by Crippen LogP contribution is 2.25. The van der Waals surface area contributed by atoms with Gasteiger partial charge in [-0.3, -0.25) is 4.79 Å². The van der Waals surface area contributed by atoms with Gasteiger partial charge in [-0.05, 0) is 59.0 Å². The van der Waals surface area contributed by atoms with Crippen molar-refractivity contribution < 1.29 is 4.79 Å². The average molecular weight is 480 g/mol. The zero-order chi connectivity index (χ0) is 21.5. The van der Waals surface area contributed by atoms with E-state index in [1.807, 2.05) is 66.7 Å². The topological polar surface area (TPSA) is 52.9 Å². The summed E-state index contributed by atoms with van der Waals surface area (Å²) in [6.45, 7) is 2.07. The van der Waals surface area contributed by atoms with Crippen molar-refractivity contribution in [3.8, 4) is 6.07 Å². The molecular formula is C25H20BrClN2O. The number of nitrogens with zero attached hydrogens (tertiary/aromatic N) is 1. The molecule has 0 aliphatic rings. The van der Waals surface area contributed by atoms with Crippen LogP contribution >= 0.6 is 27.5 Å². The van der Waals surface area contributed by atoms with Crippen LogP contribution in [0.3, 0.4) is 0 Å². The molecule has 0 heterocycles. The number of hydrogen-bond acceptors (Lipinski definition) is 2. The van der Waals surface area contributed by atoms with Crippen LogP contribution in [0.1, 0.15) is 29.2 Å². The molecule has 0 saturated carbocycles. The molecule has 0 spiro atoms. The van der Waals surface area contributed by atoms with Crippen molar-refractivity contribution in [2.24, 2.45) is 0 Å². The molecule has 1 amide bonds. The van der Waals surface area contributed by atoms with E-state index in [-0.39, 0.29) is 5.57 Å². The molecule has 0 aliphatic heterocycles. The highest BCUT2D eigenvalue weighted by molar-refractivity contribution is 9.10. The number of aryl methyl sites for hydroxylation is 1. The van der Waals surface area contributed by atoms with Gasteiger partial charge in [0, 0.05) is 21.6 Å². The van der Waals surface area contributed by atoms with E-state index >= 15 is 0 Å². The highest BCUT2D eigenvalue weighted by Gasteiger charge is 2.11. The molecule has 5 heteroatoms. The second-order valence-electron chi connectivity index (χ2n) is 6.79. The van der Waals surface area contributed by atoms with Crippen LogP contribution in [0, 0.1) is 11.3 Å². The number of carbonyl (C=O) groups excluding carboxylic acids is 1. The standard InChI is InChI=1S/C25H20BrClN2O/c1-2-17-8-11-22(12-9-17)29-25(30)21(16-28)13-18-7-10-20(24(27)14-18)15-19-5-3-4-6-23(19)26/h3-14H,2,15H2,1H3,(H,29,30)/b21-13+. The third kappa shape index (κ3) is 5.60. The van der Waals surface area contributed by atoms with E-state index in [4.69, 9.17) is 11.6 Å². The van der Waals surface area contributed by atoms with Gasteiger partial charge in [0.15, 0.2) is 0 Å².